The maximum Gasteiger partial charge on any atom is 0 e. The molecule has 0 amide bonds. The molecule has 9 aromatic rings. The van der Waals surface area contributed by atoms with Gasteiger partial charge in [0.25, 0.3) is 0 Å². The summed E-state index contributed by atoms with van der Waals surface area (Å²) in [6.45, 7) is 6.74. The van der Waals surface area contributed by atoms with Gasteiger partial charge in [-0.15, -0.1) is 17.7 Å². The van der Waals surface area contributed by atoms with Crippen LogP contribution in [-0.4, -0.2) is 23.2 Å². The van der Waals surface area contributed by atoms with E-state index in [2.05, 4.69) is 122 Å². The summed E-state index contributed by atoms with van der Waals surface area (Å²) in [5.41, 5.74) is 8.56. The zero-order valence-corrected chi connectivity index (χ0v) is 38.5. The first kappa shape index (κ1) is 37.8. The number of hydrogen-bond donors (Lipinski definition) is 0. The second-order valence-corrected chi connectivity index (χ2v) is 28.0. The van der Waals surface area contributed by atoms with Crippen molar-refractivity contribution in [2.45, 2.75) is 49.8 Å². The van der Waals surface area contributed by atoms with Crippen molar-refractivity contribution in [1.82, 2.24) is 9.97 Å². The van der Waals surface area contributed by atoms with Crippen LogP contribution in [0.25, 0.3) is 64.6 Å². The molecule has 0 fully saturated rings. The Hall–Kier alpha value is -4.71. The van der Waals surface area contributed by atoms with E-state index in [9.17, 15) is 0 Å². The molecular weight excluding hydrogens is 949 g/mol. The van der Waals surface area contributed by atoms with E-state index in [1.165, 1.54) is 25.4 Å². The van der Waals surface area contributed by atoms with Gasteiger partial charge >= 0.3 is 99.8 Å². The van der Waals surface area contributed by atoms with Crippen LogP contribution in [0.3, 0.4) is 0 Å². The summed E-state index contributed by atoms with van der Waals surface area (Å²) in [6, 6.07) is 56.0. The van der Waals surface area contributed by atoms with Crippen LogP contribution >= 0.6 is 11.3 Å². The molecule has 3 aromatic heterocycles. The van der Waals surface area contributed by atoms with Crippen molar-refractivity contribution in [3.05, 3.63) is 187 Å². The summed E-state index contributed by atoms with van der Waals surface area (Å²) in [7, 11) is 0. The second-order valence-electron chi connectivity index (χ2n) is 16.3. The number of thiophene rings is 1. The molecule has 2 nitrogen and oxygen atoms in total. The van der Waals surface area contributed by atoms with Crippen LogP contribution < -0.4 is 4.40 Å². The van der Waals surface area contributed by atoms with Gasteiger partial charge in [-0.25, -0.2) is 0 Å². The Labute approximate surface area is 360 Å². The molecule has 9 rings (SSSR count). The number of fused-ring (bicyclic) bond motifs is 4. The normalized spacial score (nSPS) is 12.4. The van der Waals surface area contributed by atoms with E-state index in [-0.39, 0.29) is 25.5 Å². The monoisotopic (exact) mass is 999 g/mol. The first-order chi connectivity index (χ1) is 27.8. The van der Waals surface area contributed by atoms with E-state index < -0.39 is 19.6 Å². The molecular formula is C52H46GeIrN2S-2. The van der Waals surface area contributed by atoms with Crippen molar-refractivity contribution in [3.8, 4) is 33.6 Å². The van der Waals surface area contributed by atoms with Crippen molar-refractivity contribution in [2.75, 3.05) is 0 Å². The molecule has 285 valence electrons. The molecule has 0 saturated heterocycles. The molecule has 0 aliphatic heterocycles. The molecule has 3 heterocycles. The zero-order valence-electron chi connectivity index (χ0n) is 35.1. The van der Waals surface area contributed by atoms with Gasteiger partial charge in [0.2, 0.25) is 0 Å². The molecule has 0 N–H and O–H groups in total. The minimum atomic E-state index is -1.72. The fourth-order valence-electron chi connectivity index (χ4n) is 6.95. The average molecular weight is 998 g/mol. The minimum absolute atomic E-state index is 0. The minimum Gasteiger partial charge on any atom is 0 e. The molecule has 5 heteroatoms. The molecule has 0 aliphatic rings. The number of hydrogen-bond acceptors (Lipinski definition) is 3. The fourth-order valence-corrected chi connectivity index (χ4v) is 10.4. The van der Waals surface area contributed by atoms with E-state index >= 15 is 0 Å². The van der Waals surface area contributed by atoms with Crippen LogP contribution in [0.1, 0.15) is 40.2 Å². The van der Waals surface area contributed by atoms with Crippen molar-refractivity contribution in [3.63, 3.8) is 0 Å². The standard InChI is InChI=1S/C38H30NS.C14H16GeN.Ir/c1-38(2,3)30-15-16-33-35(24-30)40-37-32(18-17-31(36(33)37)28-10-5-4-6-11-28)34-23-26(19-20-39-34)21-25-13-14-27-9-7-8-12-29(27)22-25;1-15(2,3)13-9-10-14(16-11-13)12-7-5-4-6-8-12;/h4-17,19-20,22-24H,21H2,1-3H3;4-7,9-11H,1-3H3;/q2*-1;/i21D2;;. The smallest absolute Gasteiger partial charge is 0 e. The SMILES string of the molecule is [2H]C([2H])(c1ccnc(-c2[c-]cc(-c3ccccc3)c3c2sc2cc(C(C)(C)C)ccc23)c1)c1ccc2ccccc2c1.[CH3][Ge]([CH3])([CH3])[c]1ccc(-c2[c-]cccc2)nc1.[Ir]. The summed E-state index contributed by atoms with van der Waals surface area (Å²) < 4.78 is 22.1. The third kappa shape index (κ3) is 9.06. The third-order valence-electron chi connectivity index (χ3n) is 10.2. The molecule has 0 saturated carbocycles. The average Bonchev–Trinajstić information content (AvgIpc) is 3.63. The van der Waals surface area contributed by atoms with Gasteiger partial charge in [-0.3, -0.25) is 0 Å². The zero-order chi connectivity index (χ0) is 40.7. The van der Waals surface area contributed by atoms with E-state index in [4.69, 9.17) is 7.73 Å². The van der Waals surface area contributed by atoms with Gasteiger partial charge < -0.3 is 4.98 Å². The Balaban J connectivity index is 0.000000262. The van der Waals surface area contributed by atoms with Crippen molar-refractivity contribution in [2.24, 2.45) is 0 Å². The summed E-state index contributed by atoms with van der Waals surface area (Å²) in [4.78, 5) is 9.29. The van der Waals surface area contributed by atoms with Crippen LogP contribution in [0.5, 0.6) is 0 Å². The molecule has 57 heavy (non-hydrogen) atoms. The molecule has 0 aliphatic carbocycles. The third-order valence-corrected chi connectivity index (χ3v) is 15.6. The van der Waals surface area contributed by atoms with E-state index in [1.807, 2.05) is 79.0 Å². The van der Waals surface area contributed by atoms with E-state index in [1.54, 1.807) is 23.6 Å². The van der Waals surface area contributed by atoms with Crippen LogP contribution in [0.15, 0.2) is 158 Å². The van der Waals surface area contributed by atoms with Crippen LogP contribution in [-0.2, 0) is 31.9 Å². The maximum atomic E-state index is 9.15. The Morgan fingerprint density at radius 2 is 1.46 bits per heavy atom. The van der Waals surface area contributed by atoms with Crippen molar-refractivity contribution >= 4 is 59.9 Å². The van der Waals surface area contributed by atoms with Gasteiger partial charge in [0.15, 0.2) is 0 Å². The molecule has 0 bridgehead atoms. The largest absolute Gasteiger partial charge is 0 e. The van der Waals surface area contributed by atoms with Gasteiger partial charge in [0.1, 0.15) is 0 Å². The van der Waals surface area contributed by atoms with Crippen LogP contribution in [0, 0.1) is 12.1 Å². The molecule has 0 atom stereocenters. The Morgan fingerprint density at radius 3 is 2.18 bits per heavy atom. The van der Waals surface area contributed by atoms with Gasteiger partial charge in [0.05, 0.1) is 0 Å². The molecule has 1 radical (unpaired) electrons. The first-order valence-electron chi connectivity index (χ1n) is 20.1. The number of benzene rings is 6. The summed E-state index contributed by atoms with van der Waals surface area (Å²) in [5, 5.41) is 4.54. The molecule has 0 unspecified atom stereocenters. The summed E-state index contributed by atoms with van der Waals surface area (Å²) in [6.07, 6.45) is 2.07. The predicted octanol–water partition coefficient (Wildman–Crippen LogP) is 13.7. The van der Waals surface area contributed by atoms with Gasteiger partial charge in [-0.05, 0) is 67.2 Å². The van der Waals surface area contributed by atoms with Crippen LogP contribution in [0.2, 0.25) is 17.3 Å². The van der Waals surface area contributed by atoms with Gasteiger partial charge in [-0.2, -0.15) is 11.3 Å². The number of aromatic nitrogens is 2. The summed E-state index contributed by atoms with van der Waals surface area (Å²) in [5.74, 6) is 7.14. The van der Waals surface area contributed by atoms with Gasteiger partial charge in [0, 0.05) is 33.7 Å². The predicted molar refractivity (Wildman–Crippen MR) is 244 cm³/mol. The second kappa shape index (κ2) is 17.0. The van der Waals surface area contributed by atoms with Crippen molar-refractivity contribution < 1.29 is 22.8 Å². The number of nitrogens with zero attached hydrogens (tertiary/aromatic N) is 2. The maximum absolute atomic E-state index is 9.15. The molecule has 0 spiro atoms. The number of pyridine rings is 2. The summed E-state index contributed by atoms with van der Waals surface area (Å²) >= 11 is 0.0525. The van der Waals surface area contributed by atoms with Crippen LogP contribution in [0.4, 0.5) is 0 Å². The molecule has 6 aromatic carbocycles. The van der Waals surface area contributed by atoms with Crippen molar-refractivity contribution in [1.29, 1.82) is 0 Å². The quantitative estimate of drug-likeness (QED) is 0.123. The Morgan fingerprint density at radius 1 is 0.702 bits per heavy atom. The van der Waals surface area contributed by atoms with Gasteiger partial charge in [-0.1, -0.05) is 128 Å². The topological polar surface area (TPSA) is 25.8 Å². The Bertz CT molecular complexity index is 2880. The Kier molecular flexibility index (Phi) is 11.3. The van der Waals surface area contributed by atoms with E-state index in [0.717, 1.165) is 49.1 Å². The fraction of sp³-hybridized carbons (Fsp3) is 0.154. The van der Waals surface area contributed by atoms with E-state index in [0.29, 0.717) is 11.1 Å². The number of rotatable bonds is 6. The first-order valence-corrected chi connectivity index (χ1v) is 27.3.